The summed E-state index contributed by atoms with van der Waals surface area (Å²) in [7, 11) is 1.94. The van der Waals surface area contributed by atoms with Crippen LogP contribution < -0.4 is 5.32 Å². The van der Waals surface area contributed by atoms with Crippen molar-refractivity contribution in [3.8, 4) is 0 Å². The molecule has 0 saturated carbocycles. The fourth-order valence-corrected chi connectivity index (χ4v) is 2.30. The van der Waals surface area contributed by atoms with Crippen molar-refractivity contribution in [2.45, 2.75) is 19.9 Å². The Kier molecular flexibility index (Phi) is 2.99. The standard InChI is InChI=1S/C15H17N3O/c1-3-13-14(9-18(2)17-13)16-8-11-10-19-15-7-5-4-6-12(11)15/h4-7,9-10,16H,3,8H2,1-2H3. The van der Waals surface area contributed by atoms with Crippen molar-refractivity contribution < 1.29 is 4.42 Å². The third-order valence-corrected chi connectivity index (χ3v) is 3.27. The largest absolute Gasteiger partial charge is 0.464 e. The minimum atomic E-state index is 0.746. The van der Waals surface area contributed by atoms with Crippen LogP contribution in [-0.4, -0.2) is 9.78 Å². The van der Waals surface area contributed by atoms with E-state index in [1.165, 1.54) is 5.56 Å². The summed E-state index contributed by atoms with van der Waals surface area (Å²) in [5.41, 5.74) is 4.29. The summed E-state index contributed by atoms with van der Waals surface area (Å²) in [6, 6.07) is 8.09. The molecule has 0 fully saturated rings. The predicted molar refractivity (Wildman–Crippen MR) is 76.1 cm³/mol. The Morgan fingerprint density at radius 3 is 3.00 bits per heavy atom. The van der Waals surface area contributed by atoms with Gasteiger partial charge in [0, 0.05) is 30.7 Å². The number of furan rings is 1. The van der Waals surface area contributed by atoms with E-state index in [1.807, 2.05) is 42.4 Å². The molecule has 1 N–H and O–H groups in total. The molecule has 0 saturated heterocycles. The zero-order chi connectivity index (χ0) is 13.2. The topological polar surface area (TPSA) is 43.0 Å². The van der Waals surface area contributed by atoms with Crippen molar-refractivity contribution in [1.82, 2.24) is 9.78 Å². The lowest BCUT2D eigenvalue weighted by Gasteiger charge is -2.03. The third-order valence-electron chi connectivity index (χ3n) is 3.27. The zero-order valence-corrected chi connectivity index (χ0v) is 11.2. The van der Waals surface area contributed by atoms with Crippen molar-refractivity contribution in [1.29, 1.82) is 0 Å². The van der Waals surface area contributed by atoms with Crippen LogP contribution in [0.4, 0.5) is 5.69 Å². The molecule has 1 aromatic carbocycles. The van der Waals surface area contributed by atoms with Crippen LogP contribution in [-0.2, 0) is 20.0 Å². The maximum atomic E-state index is 5.54. The van der Waals surface area contributed by atoms with Gasteiger partial charge < -0.3 is 9.73 Å². The minimum absolute atomic E-state index is 0.746. The first-order valence-corrected chi connectivity index (χ1v) is 6.49. The molecule has 4 nitrogen and oxygen atoms in total. The number of benzene rings is 1. The Morgan fingerprint density at radius 2 is 2.16 bits per heavy atom. The van der Waals surface area contributed by atoms with Gasteiger partial charge in [-0.1, -0.05) is 25.1 Å². The van der Waals surface area contributed by atoms with Gasteiger partial charge in [0.1, 0.15) is 5.58 Å². The first-order chi connectivity index (χ1) is 9.28. The summed E-state index contributed by atoms with van der Waals surface area (Å²) in [4.78, 5) is 0. The van der Waals surface area contributed by atoms with Crippen LogP contribution in [0.1, 0.15) is 18.2 Å². The Balaban J connectivity index is 1.82. The highest BCUT2D eigenvalue weighted by Crippen LogP contribution is 2.22. The first kappa shape index (κ1) is 11.8. The van der Waals surface area contributed by atoms with Gasteiger partial charge in [-0.3, -0.25) is 4.68 Å². The van der Waals surface area contributed by atoms with Gasteiger partial charge in [0.15, 0.2) is 0 Å². The lowest BCUT2D eigenvalue weighted by molar-refractivity contribution is 0.611. The van der Waals surface area contributed by atoms with E-state index >= 15 is 0 Å². The maximum Gasteiger partial charge on any atom is 0.134 e. The lowest BCUT2D eigenvalue weighted by atomic mass is 10.2. The monoisotopic (exact) mass is 255 g/mol. The highest BCUT2D eigenvalue weighted by Gasteiger charge is 2.08. The van der Waals surface area contributed by atoms with E-state index < -0.39 is 0 Å². The second-order valence-corrected chi connectivity index (χ2v) is 4.63. The number of hydrogen-bond acceptors (Lipinski definition) is 3. The van der Waals surface area contributed by atoms with Crippen LogP contribution in [0.5, 0.6) is 0 Å². The molecule has 0 aliphatic heterocycles. The Labute approximate surface area is 112 Å². The third kappa shape index (κ3) is 2.21. The number of para-hydroxylation sites is 1. The molecule has 3 aromatic rings. The fraction of sp³-hybridized carbons (Fsp3) is 0.267. The summed E-state index contributed by atoms with van der Waals surface area (Å²) in [5, 5.41) is 9.02. The van der Waals surface area contributed by atoms with Crippen molar-refractivity contribution >= 4 is 16.7 Å². The summed E-state index contributed by atoms with van der Waals surface area (Å²) >= 11 is 0. The van der Waals surface area contributed by atoms with Gasteiger partial charge in [-0.2, -0.15) is 5.10 Å². The van der Waals surface area contributed by atoms with E-state index in [4.69, 9.17) is 4.42 Å². The number of nitrogens with one attached hydrogen (secondary N) is 1. The molecular weight excluding hydrogens is 238 g/mol. The van der Waals surface area contributed by atoms with Crippen LogP contribution in [0.25, 0.3) is 11.0 Å². The molecule has 0 atom stereocenters. The van der Waals surface area contributed by atoms with E-state index in [2.05, 4.69) is 23.4 Å². The molecule has 0 amide bonds. The summed E-state index contributed by atoms with van der Waals surface area (Å²) in [5.74, 6) is 0. The number of nitrogens with zero attached hydrogens (tertiary/aromatic N) is 2. The molecule has 19 heavy (non-hydrogen) atoms. The predicted octanol–water partition coefficient (Wildman–Crippen LogP) is 3.34. The van der Waals surface area contributed by atoms with Gasteiger partial charge in [0.25, 0.3) is 0 Å². The molecule has 0 spiro atoms. The van der Waals surface area contributed by atoms with Crippen LogP contribution in [0.2, 0.25) is 0 Å². The molecule has 2 heterocycles. The molecule has 4 heteroatoms. The number of fused-ring (bicyclic) bond motifs is 1. The van der Waals surface area contributed by atoms with E-state index in [-0.39, 0.29) is 0 Å². The van der Waals surface area contributed by atoms with E-state index in [9.17, 15) is 0 Å². The van der Waals surface area contributed by atoms with E-state index in [1.54, 1.807) is 0 Å². The maximum absolute atomic E-state index is 5.54. The number of aromatic nitrogens is 2. The average Bonchev–Trinajstić information content (AvgIpc) is 2.99. The van der Waals surface area contributed by atoms with Crippen LogP contribution in [0.3, 0.4) is 0 Å². The number of hydrogen-bond donors (Lipinski definition) is 1. The second-order valence-electron chi connectivity index (χ2n) is 4.63. The minimum Gasteiger partial charge on any atom is -0.464 e. The van der Waals surface area contributed by atoms with Crippen molar-refractivity contribution in [2.75, 3.05) is 5.32 Å². The van der Waals surface area contributed by atoms with Crippen LogP contribution in [0.15, 0.2) is 41.1 Å². The summed E-state index contributed by atoms with van der Waals surface area (Å²) in [6.07, 6.45) is 4.76. The quantitative estimate of drug-likeness (QED) is 0.777. The second kappa shape index (κ2) is 4.80. The molecule has 0 unspecified atom stereocenters. The van der Waals surface area contributed by atoms with Gasteiger partial charge >= 0.3 is 0 Å². The average molecular weight is 255 g/mol. The SMILES string of the molecule is CCc1nn(C)cc1NCc1coc2ccccc12. The number of anilines is 1. The van der Waals surface area contributed by atoms with Gasteiger partial charge in [0.2, 0.25) is 0 Å². The molecule has 0 radical (unpaired) electrons. The van der Waals surface area contributed by atoms with E-state index in [0.717, 1.165) is 35.3 Å². The fourth-order valence-electron chi connectivity index (χ4n) is 2.30. The lowest BCUT2D eigenvalue weighted by Crippen LogP contribution is -2.00. The Hall–Kier alpha value is -2.23. The Morgan fingerprint density at radius 1 is 1.32 bits per heavy atom. The zero-order valence-electron chi connectivity index (χ0n) is 11.2. The van der Waals surface area contributed by atoms with Gasteiger partial charge in [0.05, 0.1) is 17.6 Å². The molecule has 0 aliphatic carbocycles. The molecule has 98 valence electrons. The van der Waals surface area contributed by atoms with Gasteiger partial charge in [-0.25, -0.2) is 0 Å². The number of aryl methyl sites for hydroxylation is 2. The van der Waals surface area contributed by atoms with Crippen molar-refractivity contribution in [3.05, 3.63) is 48.0 Å². The highest BCUT2D eigenvalue weighted by atomic mass is 16.3. The summed E-state index contributed by atoms with van der Waals surface area (Å²) in [6.45, 7) is 2.86. The molecular formula is C15H17N3O. The van der Waals surface area contributed by atoms with E-state index in [0.29, 0.717) is 0 Å². The van der Waals surface area contributed by atoms with Crippen molar-refractivity contribution in [2.24, 2.45) is 7.05 Å². The Bertz CT molecular complexity index is 696. The highest BCUT2D eigenvalue weighted by molar-refractivity contribution is 5.81. The molecule has 0 aliphatic rings. The normalized spacial score (nSPS) is 11.1. The van der Waals surface area contributed by atoms with Crippen LogP contribution >= 0.6 is 0 Å². The van der Waals surface area contributed by atoms with Crippen molar-refractivity contribution in [3.63, 3.8) is 0 Å². The summed E-state index contributed by atoms with van der Waals surface area (Å²) < 4.78 is 7.38. The van der Waals surface area contributed by atoms with Crippen LogP contribution in [0, 0.1) is 0 Å². The first-order valence-electron chi connectivity index (χ1n) is 6.49. The molecule has 2 aromatic heterocycles. The van der Waals surface area contributed by atoms with Gasteiger partial charge in [-0.05, 0) is 12.5 Å². The smallest absolute Gasteiger partial charge is 0.134 e. The molecule has 3 rings (SSSR count). The van der Waals surface area contributed by atoms with Gasteiger partial charge in [-0.15, -0.1) is 0 Å². The number of rotatable bonds is 4. The molecule has 0 bridgehead atoms.